The molecule has 8 nitrogen and oxygen atoms in total. The molecule has 1 saturated carbocycles. The van der Waals surface area contributed by atoms with Gasteiger partial charge in [-0.2, -0.15) is 5.10 Å². The number of hydrogen-bond donors (Lipinski definition) is 3. The summed E-state index contributed by atoms with van der Waals surface area (Å²) >= 11 is 0. The summed E-state index contributed by atoms with van der Waals surface area (Å²) in [7, 11) is 0. The second-order valence-corrected chi connectivity index (χ2v) is 10.3. The molecule has 4 aromatic heterocycles. The van der Waals surface area contributed by atoms with E-state index in [1.165, 1.54) is 12.8 Å². The Bertz CT molecular complexity index is 1300. The van der Waals surface area contributed by atoms with E-state index >= 15 is 0 Å². The molecule has 0 amide bonds. The van der Waals surface area contributed by atoms with Crippen LogP contribution in [0.2, 0.25) is 0 Å². The van der Waals surface area contributed by atoms with Crippen molar-refractivity contribution in [3.05, 3.63) is 55.1 Å². The standard InChI is InChI=1S/C25H29N7O.C2H6/c1-24(2,33)16-31-12-18(10-28-31)17-6-7-23-27-11-21(32(23)13-17)20-4-3-5-22(30-20)29-19-8-25(9-19)14-26-15-25;1-2/h3-7,10-13,19,26,33H,8-9,14-16H2,1-2H3,(H,29,30);1-2H3. The molecule has 0 atom stereocenters. The molecule has 1 aliphatic heterocycles. The van der Waals surface area contributed by atoms with Crippen molar-refractivity contribution in [2.45, 2.75) is 58.7 Å². The molecule has 1 spiro atoms. The van der Waals surface area contributed by atoms with Crippen molar-refractivity contribution in [2.75, 3.05) is 18.4 Å². The highest BCUT2D eigenvalue weighted by Gasteiger charge is 2.48. The molecule has 2 fully saturated rings. The van der Waals surface area contributed by atoms with Gasteiger partial charge in [-0.25, -0.2) is 9.97 Å². The van der Waals surface area contributed by atoms with Gasteiger partial charge >= 0.3 is 0 Å². The van der Waals surface area contributed by atoms with Gasteiger partial charge in [0.15, 0.2) is 0 Å². The molecular formula is C27H35N7O. The number of pyridine rings is 2. The molecule has 1 aliphatic carbocycles. The lowest BCUT2D eigenvalue weighted by Gasteiger charge is -2.54. The van der Waals surface area contributed by atoms with Crippen LogP contribution in [-0.2, 0) is 6.54 Å². The molecule has 5 heterocycles. The average Bonchev–Trinajstić information content (AvgIpc) is 3.41. The number of nitrogens with zero attached hydrogens (tertiary/aromatic N) is 5. The van der Waals surface area contributed by atoms with E-state index in [4.69, 9.17) is 4.98 Å². The van der Waals surface area contributed by atoms with E-state index in [1.54, 1.807) is 18.5 Å². The number of fused-ring (bicyclic) bond motifs is 1. The van der Waals surface area contributed by atoms with Crippen LogP contribution in [0.15, 0.2) is 55.1 Å². The molecule has 0 aromatic carbocycles. The first-order valence-corrected chi connectivity index (χ1v) is 12.5. The summed E-state index contributed by atoms with van der Waals surface area (Å²) in [6.45, 7) is 10.3. The van der Waals surface area contributed by atoms with Crippen LogP contribution >= 0.6 is 0 Å². The second kappa shape index (κ2) is 9.09. The normalized spacial score (nSPS) is 16.9. The van der Waals surface area contributed by atoms with Gasteiger partial charge < -0.3 is 15.7 Å². The summed E-state index contributed by atoms with van der Waals surface area (Å²) in [5, 5.41) is 21.5. The number of aromatic nitrogens is 5. The van der Waals surface area contributed by atoms with Gasteiger partial charge in [-0.05, 0) is 56.4 Å². The predicted octanol–water partition coefficient (Wildman–Crippen LogP) is 4.22. The van der Waals surface area contributed by atoms with E-state index in [-0.39, 0.29) is 0 Å². The Kier molecular flexibility index (Phi) is 6.11. The van der Waals surface area contributed by atoms with Crippen LogP contribution in [0.3, 0.4) is 0 Å². The number of hydrogen-bond acceptors (Lipinski definition) is 6. The van der Waals surface area contributed by atoms with Crippen molar-refractivity contribution in [2.24, 2.45) is 5.41 Å². The summed E-state index contributed by atoms with van der Waals surface area (Å²) in [5.41, 5.74) is 4.46. The summed E-state index contributed by atoms with van der Waals surface area (Å²) in [6.07, 6.45) is 10.2. The fraction of sp³-hybridized carbons (Fsp3) is 0.444. The maximum atomic E-state index is 10.1. The predicted molar refractivity (Wildman–Crippen MR) is 139 cm³/mol. The Balaban J connectivity index is 0.00000124. The van der Waals surface area contributed by atoms with Gasteiger partial charge in [0.05, 0.1) is 35.9 Å². The molecule has 35 heavy (non-hydrogen) atoms. The van der Waals surface area contributed by atoms with Crippen molar-refractivity contribution in [3.8, 4) is 22.5 Å². The van der Waals surface area contributed by atoms with E-state index in [0.29, 0.717) is 18.0 Å². The van der Waals surface area contributed by atoms with Crippen molar-refractivity contribution in [1.29, 1.82) is 0 Å². The quantitative estimate of drug-likeness (QED) is 0.388. The maximum Gasteiger partial charge on any atom is 0.137 e. The third kappa shape index (κ3) is 4.81. The molecule has 4 aromatic rings. The van der Waals surface area contributed by atoms with Gasteiger partial charge in [0.25, 0.3) is 0 Å². The zero-order valence-corrected chi connectivity index (χ0v) is 21.0. The minimum absolute atomic E-state index is 0.438. The van der Waals surface area contributed by atoms with Crippen LogP contribution in [0.4, 0.5) is 5.82 Å². The molecule has 0 unspecified atom stereocenters. The van der Waals surface area contributed by atoms with Crippen LogP contribution in [-0.4, -0.2) is 54.0 Å². The smallest absolute Gasteiger partial charge is 0.137 e. The first kappa shape index (κ1) is 23.5. The maximum absolute atomic E-state index is 10.1. The summed E-state index contributed by atoms with van der Waals surface area (Å²) in [6, 6.07) is 10.7. The van der Waals surface area contributed by atoms with Gasteiger partial charge in [-0.15, -0.1) is 0 Å². The Morgan fingerprint density at radius 2 is 1.89 bits per heavy atom. The van der Waals surface area contributed by atoms with Crippen molar-refractivity contribution >= 4 is 11.5 Å². The molecular weight excluding hydrogens is 438 g/mol. The number of rotatable bonds is 6. The summed E-state index contributed by atoms with van der Waals surface area (Å²) in [5.74, 6) is 0.915. The zero-order valence-electron chi connectivity index (χ0n) is 21.0. The highest BCUT2D eigenvalue weighted by molar-refractivity contribution is 5.67. The molecule has 3 N–H and O–H groups in total. The number of nitrogens with one attached hydrogen (secondary N) is 2. The molecule has 1 saturated heterocycles. The number of anilines is 1. The molecule has 0 radical (unpaired) electrons. The SMILES string of the molecule is CC.CC(C)(O)Cn1cc(-c2ccc3ncc(-c4cccc(NC5CC6(CNC6)C5)n4)n3c2)cn1. The van der Waals surface area contributed by atoms with Gasteiger partial charge in [-0.1, -0.05) is 19.9 Å². The monoisotopic (exact) mass is 473 g/mol. The Labute approximate surface area is 206 Å². The van der Waals surface area contributed by atoms with Crippen molar-refractivity contribution < 1.29 is 5.11 Å². The zero-order chi connectivity index (χ0) is 24.6. The Hall–Kier alpha value is -3.23. The highest BCUT2D eigenvalue weighted by Crippen LogP contribution is 2.45. The third-order valence-corrected chi connectivity index (χ3v) is 6.74. The van der Waals surface area contributed by atoms with Crippen molar-refractivity contribution in [3.63, 3.8) is 0 Å². The minimum atomic E-state index is -0.815. The lowest BCUT2D eigenvalue weighted by Crippen LogP contribution is -2.63. The topological polar surface area (TPSA) is 92.3 Å². The van der Waals surface area contributed by atoms with Crippen LogP contribution in [0.5, 0.6) is 0 Å². The van der Waals surface area contributed by atoms with E-state index in [1.807, 2.05) is 62.8 Å². The van der Waals surface area contributed by atoms with E-state index < -0.39 is 5.60 Å². The fourth-order valence-electron chi connectivity index (χ4n) is 5.06. The number of aliphatic hydroxyl groups is 1. The Morgan fingerprint density at radius 1 is 1.09 bits per heavy atom. The largest absolute Gasteiger partial charge is 0.389 e. The van der Waals surface area contributed by atoms with Gasteiger partial charge in [0, 0.05) is 42.7 Å². The Morgan fingerprint density at radius 3 is 2.60 bits per heavy atom. The fourth-order valence-corrected chi connectivity index (χ4v) is 5.06. The van der Waals surface area contributed by atoms with E-state index in [9.17, 15) is 5.11 Å². The van der Waals surface area contributed by atoms with Crippen LogP contribution in [0, 0.1) is 5.41 Å². The van der Waals surface area contributed by atoms with Crippen LogP contribution < -0.4 is 10.6 Å². The highest BCUT2D eigenvalue weighted by atomic mass is 16.3. The molecule has 2 aliphatic rings. The lowest BCUT2D eigenvalue weighted by atomic mass is 9.62. The molecule has 8 heteroatoms. The van der Waals surface area contributed by atoms with Gasteiger partial charge in [0.1, 0.15) is 11.5 Å². The second-order valence-electron chi connectivity index (χ2n) is 10.3. The van der Waals surface area contributed by atoms with Crippen LogP contribution in [0.1, 0.15) is 40.5 Å². The molecule has 184 valence electrons. The third-order valence-electron chi connectivity index (χ3n) is 6.74. The van der Waals surface area contributed by atoms with Gasteiger partial charge in [0.2, 0.25) is 0 Å². The summed E-state index contributed by atoms with van der Waals surface area (Å²) < 4.78 is 3.85. The first-order valence-electron chi connectivity index (χ1n) is 12.5. The average molecular weight is 474 g/mol. The van der Waals surface area contributed by atoms with E-state index in [0.717, 1.165) is 47.1 Å². The van der Waals surface area contributed by atoms with Crippen molar-refractivity contribution in [1.82, 2.24) is 29.5 Å². The lowest BCUT2D eigenvalue weighted by molar-refractivity contribution is 0.0469. The van der Waals surface area contributed by atoms with Crippen LogP contribution in [0.25, 0.3) is 28.2 Å². The molecule has 0 bridgehead atoms. The van der Waals surface area contributed by atoms with Gasteiger partial charge in [-0.3, -0.25) is 9.08 Å². The minimum Gasteiger partial charge on any atom is -0.389 e. The molecule has 6 rings (SSSR count). The summed E-state index contributed by atoms with van der Waals surface area (Å²) in [4.78, 5) is 9.47. The first-order chi connectivity index (χ1) is 16.9. The van der Waals surface area contributed by atoms with E-state index in [2.05, 4.69) is 31.3 Å². The number of imidazole rings is 1.